The second-order valence-corrected chi connectivity index (χ2v) is 7.37. The van der Waals surface area contributed by atoms with Gasteiger partial charge in [0.15, 0.2) is 0 Å². The molecule has 1 rings (SSSR count). The first-order valence-electron chi connectivity index (χ1n) is 7.99. The molecule has 0 atom stereocenters. The van der Waals surface area contributed by atoms with Crippen LogP contribution in [-0.4, -0.2) is 36.3 Å². The SMILES string of the molecule is CC(C)CN(CC(C)C)C(=O)CCCNC(=O)c1cccs1. The Morgan fingerprint density at radius 1 is 1.18 bits per heavy atom. The van der Waals surface area contributed by atoms with Crippen LogP contribution in [0.2, 0.25) is 0 Å². The van der Waals surface area contributed by atoms with Crippen LogP contribution in [0.4, 0.5) is 0 Å². The van der Waals surface area contributed by atoms with Crippen LogP contribution >= 0.6 is 11.3 Å². The highest BCUT2D eigenvalue weighted by Crippen LogP contribution is 2.09. The highest BCUT2D eigenvalue weighted by Gasteiger charge is 2.16. The molecule has 5 heteroatoms. The van der Waals surface area contributed by atoms with Crippen molar-refractivity contribution in [1.82, 2.24) is 10.2 Å². The molecule has 0 aliphatic rings. The van der Waals surface area contributed by atoms with E-state index in [1.807, 2.05) is 16.3 Å². The molecule has 1 aromatic heterocycles. The maximum atomic E-state index is 12.3. The fourth-order valence-electron chi connectivity index (χ4n) is 2.25. The van der Waals surface area contributed by atoms with E-state index in [4.69, 9.17) is 0 Å². The monoisotopic (exact) mass is 324 g/mol. The van der Waals surface area contributed by atoms with Gasteiger partial charge >= 0.3 is 0 Å². The summed E-state index contributed by atoms with van der Waals surface area (Å²) in [4.78, 5) is 26.8. The van der Waals surface area contributed by atoms with Gasteiger partial charge in [-0.15, -0.1) is 11.3 Å². The minimum Gasteiger partial charge on any atom is -0.351 e. The minimum atomic E-state index is -0.0522. The number of nitrogens with zero attached hydrogens (tertiary/aromatic N) is 1. The Kier molecular flexibility index (Phi) is 8.17. The number of nitrogens with one attached hydrogen (secondary N) is 1. The molecule has 1 heterocycles. The van der Waals surface area contributed by atoms with Crippen molar-refractivity contribution in [1.29, 1.82) is 0 Å². The molecule has 0 radical (unpaired) electrons. The Morgan fingerprint density at radius 2 is 1.82 bits per heavy atom. The zero-order valence-electron chi connectivity index (χ0n) is 14.1. The summed E-state index contributed by atoms with van der Waals surface area (Å²) in [7, 11) is 0. The van der Waals surface area contributed by atoms with Gasteiger partial charge in [0, 0.05) is 26.1 Å². The molecule has 1 aromatic rings. The van der Waals surface area contributed by atoms with Gasteiger partial charge in [-0.05, 0) is 29.7 Å². The van der Waals surface area contributed by atoms with E-state index in [2.05, 4.69) is 33.0 Å². The minimum absolute atomic E-state index is 0.0522. The molecule has 22 heavy (non-hydrogen) atoms. The lowest BCUT2D eigenvalue weighted by atomic mass is 10.1. The standard InChI is InChI=1S/C17H28N2O2S/c1-13(2)11-19(12-14(3)4)16(20)8-5-9-18-17(21)15-7-6-10-22-15/h6-7,10,13-14H,5,8-9,11-12H2,1-4H3,(H,18,21). The van der Waals surface area contributed by atoms with Crippen molar-refractivity contribution < 1.29 is 9.59 Å². The Morgan fingerprint density at radius 3 is 2.32 bits per heavy atom. The third-order valence-electron chi connectivity index (χ3n) is 3.12. The second kappa shape index (κ2) is 9.62. The Hall–Kier alpha value is -1.36. The number of carbonyl (C=O) groups excluding carboxylic acids is 2. The van der Waals surface area contributed by atoms with Crippen molar-refractivity contribution in [3.05, 3.63) is 22.4 Å². The maximum absolute atomic E-state index is 12.3. The average molecular weight is 324 g/mol. The van der Waals surface area contributed by atoms with Crippen LogP contribution in [-0.2, 0) is 4.79 Å². The molecule has 0 aliphatic carbocycles. The van der Waals surface area contributed by atoms with E-state index >= 15 is 0 Å². The summed E-state index contributed by atoms with van der Waals surface area (Å²) in [6.45, 7) is 10.7. The number of carbonyl (C=O) groups is 2. The van der Waals surface area contributed by atoms with Crippen LogP contribution in [0.5, 0.6) is 0 Å². The fourth-order valence-corrected chi connectivity index (χ4v) is 2.89. The molecular formula is C17H28N2O2S. The first kappa shape index (κ1) is 18.7. The first-order valence-corrected chi connectivity index (χ1v) is 8.87. The van der Waals surface area contributed by atoms with E-state index < -0.39 is 0 Å². The number of amides is 2. The Balaban J connectivity index is 2.31. The average Bonchev–Trinajstić information content (AvgIpc) is 2.95. The first-order chi connectivity index (χ1) is 10.4. The van der Waals surface area contributed by atoms with E-state index in [1.54, 1.807) is 6.07 Å². The van der Waals surface area contributed by atoms with Gasteiger partial charge in [0.25, 0.3) is 5.91 Å². The lowest BCUT2D eigenvalue weighted by Crippen LogP contribution is -2.37. The van der Waals surface area contributed by atoms with Crippen LogP contribution < -0.4 is 5.32 Å². The zero-order chi connectivity index (χ0) is 16.5. The van der Waals surface area contributed by atoms with Crippen LogP contribution in [0, 0.1) is 11.8 Å². The summed E-state index contributed by atoms with van der Waals surface area (Å²) in [6.07, 6.45) is 1.17. The van der Waals surface area contributed by atoms with Crippen molar-refractivity contribution >= 4 is 23.2 Å². The van der Waals surface area contributed by atoms with Crippen molar-refractivity contribution in [3.63, 3.8) is 0 Å². The van der Waals surface area contributed by atoms with Gasteiger partial charge in [-0.1, -0.05) is 33.8 Å². The molecule has 0 bridgehead atoms. The van der Waals surface area contributed by atoms with Crippen LogP contribution in [0.25, 0.3) is 0 Å². The molecular weight excluding hydrogens is 296 g/mol. The summed E-state index contributed by atoms with van der Waals surface area (Å²) in [5, 5.41) is 4.74. The molecule has 1 N–H and O–H groups in total. The van der Waals surface area contributed by atoms with E-state index in [0.717, 1.165) is 13.1 Å². The van der Waals surface area contributed by atoms with E-state index in [1.165, 1.54) is 11.3 Å². The molecule has 0 unspecified atom stereocenters. The summed E-state index contributed by atoms with van der Waals surface area (Å²) in [6, 6.07) is 3.66. The molecule has 2 amide bonds. The maximum Gasteiger partial charge on any atom is 0.261 e. The summed E-state index contributed by atoms with van der Waals surface area (Å²) in [5.41, 5.74) is 0. The van der Waals surface area contributed by atoms with Gasteiger partial charge in [0.1, 0.15) is 0 Å². The lowest BCUT2D eigenvalue weighted by molar-refractivity contribution is -0.132. The van der Waals surface area contributed by atoms with Crippen molar-refractivity contribution in [3.8, 4) is 0 Å². The van der Waals surface area contributed by atoms with E-state index in [-0.39, 0.29) is 11.8 Å². The second-order valence-electron chi connectivity index (χ2n) is 6.42. The zero-order valence-corrected chi connectivity index (χ0v) is 14.9. The third kappa shape index (κ3) is 7.07. The predicted molar refractivity (Wildman–Crippen MR) is 92.1 cm³/mol. The summed E-state index contributed by atoms with van der Waals surface area (Å²) < 4.78 is 0. The molecule has 4 nitrogen and oxygen atoms in total. The number of thiophene rings is 1. The van der Waals surface area contributed by atoms with Gasteiger partial charge < -0.3 is 10.2 Å². The molecule has 0 aliphatic heterocycles. The number of hydrogen-bond donors (Lipinski definition) is 1. The Bertz CT molecular complexity index is 445. The van der Waals surface area contributed by atoms with Crippen LogP contribution in [0.3, 0.4) is 0 Å². The molecule has 0 fully saturated rings. The lowest BCUT2D eigenvalue weighted by Gasteiger charge is -2.26. The third-order valence-corrected chi connectivity index (χ3v) is 3.99. The van der Waals surface area contributed by atoms with Crippen molar-refractivity contribution in [2.45, 2.75) is 40.5 Å². The van der Waals surface area contributed by atoms with Crippen molar-refractivity contribution in [2.24, 2.45) is 11.8 Å². The summed E-state index contributed by atoms with van der Waals surface area (Å²) >= 11 is 1.43. The summed E-state index contributed by atoms with van der Waals surface area (Å²) in [5.74, 6) is 1.08. The van der Waals surface area contributed by atoms with Gasteiger partial charge in [-0.3, -0.25) is 9.59 Å². The highest BCUT2D eigenvalue weighted by molar-refractivity contribution is 7.12. The van der Waals surface area contributed by atoms with Gasteiger partial charge in [-0.25, -0.2) is 0 Å². The smallest absolute Gasteiger partial charge is 0.261 e. The predicted octanol–water partition coefficient (Wildman–Crippen LogP) is 3.40. The van der Waals surface area contributed by atoms with Gasteiger partial charge in [-0.2, -0.15) is 0 Å². The molecule has 0 saturated carbocycles. The molecule has 124 valence electrons. The van der Waals surface area contributed by atoms with E-state index in [0.29, 0.717) is 36.1 Å². The van der Waals surface area contributed by atoms with Crippen LogP contribution in [0.1, 0.15) is 50.2 Å². The number of hydrogen-bond acceptors (Lipinski definition) is 3. The van der Waals surface area contributed by atoms with E-state index in [9.17, 15) is 9.59 Å². The van der Waals surface area contributed by atoms with Crippen LogP contribution in [0.15, 0.2) is 17.5 Å². The fraction of sp³-hybridized carbons (Fsp3) is 0.647. The molecule has 0 spiro atoms. The largest absolute Gasteiger partial charge is 0.351 e. The topological polar surface area (TPSA) is 49.4 Å². The van der Waals surface area contributed by atoms with Gasteiger partial charge in [0.05, 0.1) is 4.88 Å². The van der Waals surface area contributed by atoms with Crippen molar-refractivity contribution in [2.75, 3.05) is 19.6 Å². The molecule has 0 aromatic carbocycles. The highest BCUT2D eigenvalue weighted by atomic mass is 32.1. The molecule has 0 saturated heterocycles. The quantitative estimate of drug-likeness (QED) is 0.708. The van der Waals surface area contributed by atoms with Gasteiger partial charge in [0.2, 0.25) is 5.91 Å². The normalized spacial score (nSPS) is 11.0. The number of rotatable bonds is 9. The Labute approximate surface area is 137 Å².